The Labute approximate surface area is 126 Å². The third-order valence-corrected chi connectivity index (χ3v) is 5.04. The first-order valence-electron chi connectivity index (χ1n) is 7.89. The summed E-state index contributed by atoms with van der Waals surface area (Å²) in [6.45, 7) is 2.33. The van der Waals surface area contributed by atoms with Crippen molar-refractivity contribution >= 4 is 0 Å². The highest BCUT2D eigenvalue weighted by Crippen LogP contribution is 2.45. The highest BCUT2D eigenvalue weighted by Gasteiger charge is 2.32. The molecule has 2 aromatic rings. The van der Waals surface area contributed by atoms with Crippen LogP contribution in [0.4, 0.5) is 0 Å². The van der Waals surface area contributed by atoms with Crippen LogP contribution in [0.1, 0.15) is 59.4 Å². The maximum absolute atomic E-state index is 9.17. The molecule has 0 saturated heterocycles. The summed E-state index contributed by atoms with van der Waals surface area (Å²) in [6.07, 6.45) is 3.82. The summed E-state index contributed by atoms with van der Waals surface area (Å²) in [5.74, 6) is 1.86. The van der Waals surface area contributed by atoms with Crippen LogP contribution in [-0.2, 0) is 6.42 Å². The maximum atomic E-state index is 9.17. The normalized spacial score (nSPS) is 23.6. The van der Waals surface area contributed by atoms with Gasteiger partial charge in [0, 0.05) is 5.92 Å². The number of hydrogen-bond donors (Lipinski definition) is 0. The van der Waals surface area contributed by atoms with Gasteiger partial charge in [0.1, 0.15) is 0 Å². The number of nitrogens with zero attached hydrogens (tertiary/aromatic N) is 1. The quantitative estimate of drug-likeness (QED) is 0.774. The Hall–Kier alpha value is -2.07. The Morgan fingerprint density at radius 2 is 1.86 bits per heavy atom. The van der Waals surface area contributed by atoms with Crippen molar-refractivity contribution in [3.8, 4) is 6.07 Å². The van der Waals surface area contributed by atoms with Crippen molar-refractivity contribution in [1.82, 2.24) is 0 Å². The van der Waals surface area contributed by atoms with E-state index in [4.69, 9.17) is 5.26 Å². The monoisotopic (exact) mass is 273 g/mol. The average Bonchev–Trinajstić information content (AvgIpc) is 3.29. The Bertz CT molecular complexity index is 734. The molecule has 1 nitrogen and oxygen atoms in total. The molecule has 0 radical (unpaired) electrons. The summed E-state index contributed by atoms with van der Waals surface area (Å²) < 4.78 is 0. The zero-order valence-corrected chi connectivity index (χ0v) is 12.3. The van der Waals surface area contributed by atoms with Gasteiger partial charge in [-0.05, 0) is 65.5 Å². The van der Waals surface area contributed by atoms with Gasteiger partial charge < -0.3 is 0 Å². The molecular weight excluding hydrogens is 254 g/mol. The largest absolute Gasteiger partial charge is 0.192 e. The third kappa shape index (κ3) is 2.16. The molecular formula is C20H19N. The Balaban J connectivity index is 1.79. The second-order valence-electron chi connectivity index (χ2n) is 6.63. The predicted molar refractivity (Wildman–Crippen MR) is 84.3 cm³/mol. The minimum absolute atomic E-state index is 0.451. The van der Waals surface area contributed by atoms with Gasteiger partial charge >= 0.3 is 0 Å². The van der Waals surface area contributed by atoms with Gasteiger partial charge in [-0.25, -0.2) is 0 Å². The number of nitriles is 1. The van der Waals surface area contributed by atoms with Gasteiger partial charge in [0.15, 0.2) is 0 Å². The summed E-state index contributed by atoms with van der Waals surface area (Å²) in [6, 6.07) is 17.6. The van der Waals surface area contributed by atoms with Crippen molar-refractivity contribution < 1.29 is 0 Å². The molecule has 104 valence electrons. The average molecular weight is 273 g/mol. The van der Waals surface area contributed by atoms with E-state index in [0.29, 0.717) is 11.8 Å². The van der Waals surface area contributed by atoms with Gasteiger partial charge in [0.2, 0.25) is 0 Å². The first-order chi connectivity index (χ1) is 10.3. The number of fused-ring (bicyclic) bond motifs is 1. The Morgan fingerprint density at radius 1 is 1.05 bits per heavy atom. The van der Waals surface area contributed by atoms with Crippen LogP contribution in [0.15, 0.2) is 42.5 Å². The van der Waals surface area contributed by atoms with E-state index < -0.39 is 0 Å². The van der Waals surface area contributed by atoms with E-state index in [0.717, 1.165) is 17.9 Å². The molecule has 2 aromatic carbocycles. The van der Waals surface area contributed by atoms with Crippen LogP contribution in [0.3, 0.4) is 0 Å². The van der Waals surface area contributed by atoms with E-state index in [9.17, 15) is 0 Å². The van der Waals surface area contributed by atoms with Crippen molar-refractivity contribution in [2.24, 2.45) is 5.92 Å². The topological polar surface area (TPSA) is 23.8 Å². The van der Waals surface area contributed by atoms with Crippen molar-refractivity contribution in [1.29, 1.82) is 5.26 Å². The van der Waals surface area contributed by atoms with Crippen molar-refractivity contribution in [2.75, 3.05) is 0 Å². The fraction of sp³-hybridized carbons (Fsp3) is 0.350. The molecule has 0 heterocycles. The standard InChI is InChI=1S/C20H19N/c1-13-9-17-6-5-14(12-21)10-19(17)20(13)18-4-2-3-16(11-18)15-7-8-15/h2-6,10-11,13,15,20H,7-9H2,1H3/t13-,20-/m0/s1. The molecule has 0 unspecified atom stereocenters. The van der Waals surface area contributed by atoms with E-state index in [2.05, 4.69) is 49.4 Å². The summed E-state index contributed by atoms with van der Waals surface area (Å²) in [4.78, 5) is 0. The predicted octanol–water partition coefficient (Wildman–Crippen LogP) is 4.76. The molecule has 0 aromatic heterocycles. The van der Waals surface area contributed by atoms with Crippen molar-refractivity contribution in [3.05, 3.63) is 70.3 Å². The molecule has 2 aliphatic rings. The maximum Gasteiger partial charge on any atom is 0.0991 e. The molecule has 0 spiro atoms. The lowest BCUT2D eigenvalue weighted by molar-refractivity contribution is 0.557. The zero-order chi connectivity index (χ0) is 14.4. The van der Waals surface area contributed by atoms with Gasteiger partial charge in [-0.2, -0.15) is 5.26 Å². The van der Waals surface area contributed by atoms with Crippen LogP contribution < -0.4 is 0 Å². The molecule has 0 N–H and O–H groups in total. The van der Waals surface area contributed by atoms with Crippen molar-refractivity contribution in [3.63, 3.8) is 0 Å². The third-order valence-electron chi connectivity index (χ3n) is 5.04. The van der Waals surface area contributed by atoms with Crippen LogP contribution in [0.5, 0.6) is 0 Å². The van der Waals surface area contributed by atoms with E-state index >= 15 is 0 Å². The molecule has 2 atom stereocenters. The number of hydrogen-bond acceptors (Lipinski definition) is 1. The van der Waals surface area contributed by atoms with Crippen LogP contribution >= 0.6 is 0 Å². The van der Waals surface area contributed by atoms with Crippen LogP contribution in [-0.4, -0.2) is 0 Å². The Kier molecular flexibility index (Phi) is 2.86. The molecule has 1 saturated carbocycles. The summed E-state index contributed by atoms with van der Waals surface area (Å²) in [7, 11) is 0. The molecule has 4 rings (SSSR count). The van der Waals surface area contributed by atoms with Gasteiger partial charge in [0.25, 0.3) is 0 Å². The fourth-order valence-corrected chi connectivity index (χ4v) is 3.84. The molecule has 1 heteroatoms. The molecule has 0 amide bonds. The van der Waals surface area contributed by atoms with Crippen LogP contribution in [0.25, 0.3) is 0 Å². The number of rotatable bonds is 2. The summed E-state index contributed by atoms with van der Waals surface area (Å²) in [5, 5.41) is 9.17. The highest BCUT2D eigenvalue weighted by molar-refractivity contribution is 5.48. The van der Waals surface area contributed by atoms with Gasteiger partial charge in [-0.3, -0.25) is 0 Å². The van der Waals surface area contributed by atoms with Gasteiger partial charge in [-0.15, -0.1) is 0 Å². The van der Waals surface area contributed by atoms with Crippen molar-refractivity contribution in [2.45, 2.75) is 38.0 Å². The lowest BCUT2D eigenvalue weighted by Crippen LogP contribution is -2.06. The first-order valence-corrected chi connectivity index (χ1v) is 7.89. The van der Waals surface area contributed by atoms with E-state index in [1.54, 1.807) is 0 Å². The zero-order valence-electron chi connectivity index (χ0n) is 12.3. The van der Waals surface area contributed by atoms with E-state index in [-0.39, 0.29) is 0 Å². The molecule has 2 aliphatic carbocycles. The second-order valence-corrected chi connectivity index (χ2v) is 6.63. The molecule has 21 heavy (non-hydrogen) atoms. The smallest absolute Gasteiger partial charge is 0.0991 e. The number of benzene rings is 2. The minimum atomic E-state index is 0.451. The van der Waals surface area contributed by atoms with Gasteiger partial charge in [-0.1, -0.05) is 37.3 Å². The van der Waals surface area contributed by atoms with E-state index in [1.807, 2.05) is 6.07 Å². The SMILES string of the molecule is C[C@H]1Cc2ccc(C#N)cc2[C@@H]1c1cccc(C2CC2)c1. The van der Waals surface area contributed by atoms with E-state index in [1.165, 1.54) is 35.1 Å². The Morgan fingerprint density at radius 3 is 2.62 bits per heavy atom. The first kappa shape index (κ1) is 12.7. The lowest BCUT2D eigenvalue weighted by Gasteiger charge is -2.18. The summed E-state index contributed by atoms with van der Waals surface area (Å²) in [5.41, 5.74) is 6.51. The fourth-order valence-electron chi connectivity index (χ4n) is 3.84. The summed E-state index contributed by atoms with van der Waals surface area (Å²) >= 11 is 0. The van der Waals surface area contributed by atoms with Crippen LogP contribution in [0.2, 0.25) is 0 Å². The van der Waals surface area contributed by atoms with Gasteiger partial charge in [0.05, 0.1) is 11.6 Å². The molecule has 0 bridgehead atoms. The lowest BCUT2D eigenvalue weighted by atomic mass is 9.85. The second kappa shape index (κ2) is 4.74. The molecule has 0 aliphatic heterocycles. The van der Waals surface area contributed by atoms with Crippen LogP contribution in [0, 0.1) is 17.2 Å². The highest BCUT2D eigenvalue weighted by atomic mass is 14.4. The minimum Gasteiger partial charge on any atom is -0.192 e. The molecule has 1 fully saturated rings.